The average molecular weight is 404 g/mol. The molecule has 0 N–H and O–H groups in total. The molecule has 1 aromatic heterocycles. The molecular weight excluding hydrogens is 380 g/mol. The quantitative estimate of drug-likeness (QED) is 0.625. The number of hydrogen-bond donors (Lipinski definition) is 0. The highest BCUT2D eigenvalue weighted by atomic mass is 16.7. The van der Waals surface area contributed by atoms with E-state index in [1.54, 1.807) is 0 Å². The van der Waals surface area contributed by atoms with E-state index >= 15 is 0 Å². The van der Waals surface area contributed by atoms with Crippen molar-refractivity contribution in [3.8, 4) is 22.9 Å². The van der Waals surface area contributed by atoms with E-state index in [-0.39, 0.29) is 6.79 Å². The summed E-state index contributed by atoms with van der Waals surface area (Å²) < 4.78 is 16.3. The van der Waals surface area contributed by atoms with Crippen molar-refractivity contribution >= 4 is 6.08 Å². The lowest BCUT2D eigenvalue weighted by Gasteiger charge is -2.33. The van der Waals surface area contributed by atoms with Crippen molar-refractivity contribution < 1.29 is 14.0 Å². The summed E-state index contributed by atoms with van der Waals surface area (Å²) in [4.78, 5) is 9.38. The van der Waals surface area contributed by atoms with Crippen LogP contribution in [-0.4, -0.2) is 59.5 Å². The van der Waals surface area contributed by atoms with Crippen LogP contribution in [-0.2, 0) is 6.54 Å². The fourth-order valence-electron chi connectivity index (χ4n) is 3.70. The molecule has 0 saturated carbocycles. The molecule has 3 heterocycles. The van der Waals surface area contributed by atoms with Crippen LogP contribution in [0.2, 0.25) is 0 Å². The Balaban J connectivity index is 1.12. The van der Waals surface area contributed by atoms with Gasteiger partial charge in [0.15, 0.2) is 11.5 Å². The van der Waals surface area contributed by atoms with E-state index in [2.05, 4.69) is 56.4 Å². The standard InChI is InChI=1S/C23H24N4O3/c1-2-5-18(6-3-1)7-4-10-26-11-13-27(14-12-26)16-22-24-23(25-30-22)19-8-9-20-21(15-19)29-17-28-20/h1-9,15H,10-14,16-17H2/b7-4+. The summed E-state index contributed by atoms with van der Waals surface area (Å²) in [5, 5.41) is 4.13. The molecule has 5 rings (SSSR count). The molecule has 2 aliphatic rings. The molecule has 0 unspecified atom stereocenters. The van der Waals surface area contributed by atoms with Crippen LogP contribution in [0.25, 0.3) is 17.5 Å². The third-order valence-corrected chi connectivity index (χ3v) is 5.40. The number of piperazine rings is 1. The van der Waals surface area contributed by atoms with Gasteiger partial charge in [-0.1, -0.05) is 47.6 Å². The summed E-state index contributed by atoms with van der Waals surface area (Å²) in [6.45, 7) is 5.93. The first-order valence-corrected chi connectivity index (χ1v) is 10.2. The first kappa shape index (κ1) is 18.8. The Morgan fingerprint density at radius 1 is 0.900 bits per heavy atom. The first-order valence-electron chi connectivity index (χ1n) is 10.2. The molecule has 7 heteroatoms. The normalized spacial score (nSPS) is 17.1. The van der Waals surface area contributed by atoms with Crippen molar-refractivity contribution in [2.75, 3.05) is 39.5 Å². The Morgan fingerprint density at radius 2 is 1.70 bits per heavy atom. The zero-order valence-electron chi connectivity index (χ0n) is 16.7. The lowest BCUT2D eigenvalue weighted by molar-refractivity contribution is 0.125. The molecule has 0 spiro atoms. The molecule has 7 nitrogen and oxygen atoms in total. The van der Waals surface area contributed by atoms with Crippen LogP contribution >= 0.6 is 0 Å². The topological polar surface area (TPSA) is 63.9 Å². The van der Waals surface area contributed by atoms with Gasteiger partial charge in [0, 0.05) is 38.3 Å². The summed E-state index contributed by atoms with van der Waals surface area (Å²) in [5.74, 6) is 2.68. The minimum atomic E-state index is 0.254. The van der Waals surface area contributed by atoms with E-state index in [9.17, 15) is 0 Å². The Kier molecular flexibility index (Phi) is 5.46. The molecule has 154 valence electrons. The van der Waals surface area contributed by atoms with E-state index in [4.69, 9.17) is 14.0 Å². The van der Waals surface area contributed by atoms with Crippen LogP contribution in [0.15, 0.2) is 59.1 Å². The molecule has 0 bridgehead atoms. The minimum Gasteiger partial charge on any atom is -0.454 e. The molecule has 0 radical (unpaired) electrons. The molecule has 0 amide bonds. The minimum absolute atomic E-state index is 0.254. The van der Waals surface area contributed by atoms with E-state index < -0.39 is 0 Å². The molecule has 2 aliphatic heterocycles. The average Bonchev–Trinajstić information content (AvgIpc) is 3.45. The number of rotatable bonds is 6. The van der Waals surface area contributed by atoms with E-state index in [0.717, 1.165) is 49.8 Å². The highest BCUT2D eigenvalue weighted by molar-refractivity contribution is 5.61. The second-order valence-electron chi connectivity index (χ2n) is 7.47. The van der Waals surface area contributed by atoms with Crippen molar-refractivity contribution in [1.82, 2.24) is 19.9 Å². The fraction of sp³-hybridized carbons (Fsp3) is 0.304. The van der Waals surface area contributed by atoms with Crippen LogP contribution in [0.5, 0.6) is 11.5 Å². The van der Waals surface area contributed by atoms with Gasteiger partial charge in [-0.15, -0.1) is 0 Å². The molecule has 0 aliphatic carbocycles. The number of aromatic nitrogens is 2. The zero-order valence-corrected chi connectivity index (χ0v) is 16.7. The monoisotopic (exact) mass is 404 g/mol. The van der Waals surface area contributed by atoms with E-state index in [0.29, 0.717) is 18.3 Å². The highest BCUT2D eigenvalue weighted by Crippen LogP contribution is 2.35. The highest BCUT2D eigenvalue weighted by Gasteiger charge is 2.20. The summed E-state index contributed by atoms with van der Waals surface area (Å²) in [7, 11) is 0. The molecule has 1 fully saturated rings. The predicted octanol–water partition coefficient (Wildman–Crippen LogP) is 3.30. The molecule has 30 heavy (non-hydrogen) atoms. The Bertz CT molecular complexity index is 1010. The van der Waals surface area contributed by atoms with Crippen molar-refractivity contribution in [2.24, 2.45) is 0 Å². The van der Waals surface area contributed by atoms with Crippen molar-refractivity contribution in [3.63, 3.8) is 0 Å². The smallest absolute Gasteiger partial charge is 0.241 e. The predicted molar refractivity (Wildman–Crippen MR) is 113 cm³/mol. The van der Waals surface area contributed by atoms with Gasteiger partial charge in [-0.25, -0.2) is 0 Å². The number of ether oxygens (including phenoxy) is 2. The summed E-state index contributed by atoms with van der Waals surface area (Å²) in [6.07, 6.45) is 4.42. The van der Waals surface area contributed by atoms with Crippen LogP contribution in [0.4, 0.5) is 0 Å². The number of hydrogen-bond acceptors (Lipinski definition) is 7. The fourth-order valence-corrected chi connectivity index (χ4v) is 3.70. The third-order valence-electron chi connectivity index (χ3n) is 5.40. The lowest BCUT2D eigenvalue weighted by atomic mass is 10.2. The third kappa shape index (κ3) is 4.37. The van der Waals surface area contributed by atoms with Crippen LogP contribution in [0.3, 0.4) is 0 Å². The second kappa shape index (κ2) is 8.69. The Hall–Kier alpha value is -3.16. The summed E-state index contributed by atoms with van der Waals surface area (Å²) in [6, 6.07) is 16.1. The SMILES string of the molecule is C(=C\c1ccccc1)/CN1CCN(Cc2nc(-c3ccc4c(c3)OCO4)no2)CC1. The molecule has 3 aromatic rings. The lowest BCUT2D eigenvalue weighted by Crippen LogP contribution is -2.45. The van der Waals surface area contributed by atoms with Crippen LogP contribution in [0, 0.1) is 0 Å². The van der Waals surface area contributed by atoms with Crippen molar-refractivity contribution in [1.29, 1.82) is 0 Å². The van der Waals surface area contributed by atoms with Crippen molar-refractivity contribution in [2.45, 2.75) is 6.54 Å². The van der Waals surface area contributed by atoms with E-state index in [1.165, 1.54) is 5.56 Å². The zero-order chi connectivity index (χ0) is 20.2. The maximum absolute atomic E-state index is 5.48. The number of fused-ring (bicyclic) bond motifs is 1. The van der Waals surface area contributed by atoms with Gasteiger partial charge in [0.05, 0.1) is 6.54 Å². The molecule has 1 saturated heterocycles. The van der Waals surface area contributed by atoms with Crippen molar-refractivity contribution in [3.05, 3.63) is 66.1 Å². The maximum atomic E-state index is 5.48. The first-order chi connectivity index (χ1) is 14.8. The maximum Gasteiger partial charge on any atom is 0.241 e. The van der Waals surface area contributed by atoms with Gasteiger partial charge < -0.3 is 14.0 Å². The van der Waals surface area contributed by atoms with Gasteiger partial charge in [-0.2, -0.15) is 4.98 Å². The van der Waals surface area contributed by atoms with Gasteiger partial charge >= 0.3 is 0 Å². The van der Waals surface area contributed by atoms with Gasteiger partial charge in [0.25, 0.3) is 0 Å². The number of benzene rings is 2. The molecular formula is C23H24N4O3. The van der Waals surface area contributed by atoms with Gasteiger partial charge in [-0.3, -0.25) is 9.80 Å². The largest absolute Gasteiger partial charge is 0.454 e. The Morgan fingerprint density at radius 3 is 2.57 bits per heavy atom. The van der Waals surface area contributed by atoms with E-state index in [1.807, 2.05) is 24.3 Å². The summed E-state index contributed by atoms with van der Waals surface area (Å²) in [5.41, 5.74) is 2.11. The van der Waals surface area contributed by atoms with Gasteiger partial charge in [0.2, 0.25) is 18.5 Å². The summed E-state index contributed by atoms with van der Waals surface area (Å²) >= 11 is 0. The number of nitrogens with zero attached hydrogens (tertiary/aromatic N) is 4. The second-order valence-corrected chi connectivity index (χ2v) is 7.47. The molecule has 0 atom stereocenters. The van der Waals surface area contributed by atoms with Gasteiger partial charge in [0.1, 0.15) is 0 Å². The molecule has 2 aromatic carbocycles. The Labute approximate surface area is 175 Å². The van der Waals surface area contributed by atoms with Crippen LogP contribution < -0.4 is 9.47 Å². The van der Waals surface area contributed by atoms with Crippen LogP contribution in [0.1, 0.15) is 11.5 Å². The van der Waals surface area contributed by atoms with Gasteiger partial charge in [-0.05, 0) is 23.8 Å².